The van der Waals surface area contributed by atoms with E-state index in [0.717, 1.165) is 5.56 Å². The summed E-state index contributed by atoms with van der Waals surface area (Å²) >= 11 is 0. The number of benzene rings is 2. The second kappa shape index (κ2) is 6.72. The number of carbonyl (C=O) groups excluding carboxylic acids is 2. The van der Waals surface area contributed by atoms with E-state index in [4.69, 9.17) is 4.42 Å². The molecule has 1 aromatic heterocycles. The van der Waals surface area contributed by atoms with Crippen molar-refractivity contribution in [2.24, 2.45) is 0 Å². The fraction of sp³-hybridized carbons (Fsp3) is 0.190. The minimum atomic E-state index is -0.710. The van der Waals surface area contributed by atoms with Crippen LogP contribution >= 0.6 is 0 Å². The molecule has 0 spiro atoms. The minimum absolute atomic E-state index is 0.0836. The van der Waals surface area contributed by atoms with Crippen LogP contribution in [0.1, 0.15) is 22.8 Å². The number of likely N-dealkylation sites (N-methyl/N-ethyl adjacent to an activating group) is 1. The van der Waals surface area contributed by atoms with Crippen LogP contribution in [0.25, 0.3) is 11.0 Å². The average Bonchev–Trinajstić information content (AvgIpc) is 3.07. The maximum Gasteiger partial charge on any atom is 0.349 e. The van der Waals surface area contributed by atoms with Gasteiger partial charge in [0.15, 0.2) is 0 Å². The number of amides is 2. The number of carbonyl (C=O) groups is 2. The van der Waals surface area contributed by atoms with Gasteiger partial charge in [-0.3, -0.25) is 14.5 Å². The predicted molar refractivity (Wildman–Crippen MR) is 102 cm³/mol. The van der Waals surface area contributed by atoms with Crippen molar-refractivity contribution in [1.29, 1.82) is 0 Å². The first-order valence-corrected chi connectivity index (χ1v) is 8.82. The molecule has 2 amide bonds. The van der Waals surface area contributed by atoms with Gasteiger partial charge < -0.3 is 9.73 Å². The SMILES string of the molecule is CCNC(=O)C1Cc2ccccc2N1C(=O)c1cc2ccccc2oc1=O. The highest BCUT2D eigenvalue weighted by Gasteiger charge is 2.39. The van der Waals surface area contributed by atoms with E-state index in [2.05, 4.69) is 5.32 Å². The summed E-state index contributed by atoms with van der Waals surface area (Å²) in [5, 5.41) is 3.42. The highest BCUT2D eigenvalue weighted by atomic mass is 16.4. The molecule has 0 saturated heterocycles. The van der Waals surface area contributed by atoms with Crippen LogP contribution in [0.15, 0.2) is 63.8 Å². The van der Waals surface area contributed by atoms with Crippen LogP contribution in [-0.2, 0) is 11.2 Å². The van der Waals surface area contributed by atoms with Crippen LogP contribution in [0.4, 0.5) is 5.69 Å². The van der Waals surface area contributed by atoms with Crippen LogP contribution in [-0.4, -0.2) is 24.4 Å². The van der Waals surface area contributed by atoms with Crippen molar-refractivity contribution >= 4 is 28.5 Å². The Morgan fingerprint density at radius 2 is 1.89 bits per heavy atom. The summed E-state index contributed by atoms with van der Waals surface area (Å²) in [5.41, 5.74) is 1.16. The molecule has 0 radical (unpaired) electrons. The lowest BCUT2D eigenvalue weighted by atomic mass is 10.1. The van der Waals surface area contributed by atoms with Gasteiger partial charge in [0.2, 0.25) is 5.91 Å². The molecule has 2 aromatic carbocycles. The number of nitrogens with zero attached hydrogens (tertiary/aromatic N) is 1. The van der Waals surface area contributed by atoms with Crippen molar-refractivity contribution in [1.82, 2.24) is 5.32 Å². The average molecular weight is 362 g/mol. The van der Waals surface area contributed by atoms with Gasteiger partial charge in [0.1, 0.15) is 17.2 Å². The number of nitrogens with one attached hydrogen (secondary N) is 1. The molecule has 6 heteroatoms. The molecule has 2 heterocycles. The largest absolute Gasteiger partial charge is 0.422 e. The van der Waals surface area contributed by atoms with Crippen molar-refractivity contribution in [3.05, 3.63) is 76.1 Å². The summed E-state index contributed by atoms with van der Waals surface area (Å²) in [6, 6.07) is 15.2. The van der Waals surface area contributed by atoms with Crippen molar-refractivity contribution in [3.63, 3.8) is 0 Å². The van der Waals surface area contributed by atoms with Gasteiger partial charge in [0.25, 0.3) is 5.91 Å². The quantitative estimate of drug-likeness (QED) is 0.726. The number of para-hydroxylation sites is 2. The molecule has 27 heavy (non-hydrogen) atoms. The molecule has 1 aliphatic rings. The van der Waals surface area contributed by atoms with E-state index < -0.39 is 17.6 Å². The Hall–Kier alpha value is -3.41. The Labute approximate surface area is 155 Å². The molecule has 4 rings (SSSR count). The third-order valence-corrected chi connectivity index (χ3v) is 4.72. The maximum atomic E-state index is 13.3. The van der Waals surface area contributed by atoms with E-state index in [1.54, 1.807) is 30.3 Å². The van der Waals surface area contributed by atoms with Crippen LogP contribution in [0.5, 0.6) is 0 Å². The van der Waals surface area contributed by atoms with Crippen LogP contribution in [0.3, 0.4) is 0 Å². The summed E-state index contributed by atoms with van der Waals surface area (Å²) in [6.07, 6.45) is 0.409. The number of hydrogen-bond donors (Lipinski definition) is 1. The number of hydrogen-bond acceptors (Lipinski definition) is 4. The topological polar surface area (TPSA) is 79.6 Å². The molecular weight excluding hydrogens is 344 g/mol. The van der Waals surface area contributed by atoms with Crippen molar-refractivity contribution in [2.75, 3.05) is 11.4 Å². The summed E-state index contributed by atoms with van der Waals surface area (Å²) < 4.78 is 5.30. The Morgan fingerprint density at radius 1 is 1.15 bits per heavy atom. The van der Waals surface area contributed by atoms with Crippen LogP contribution in [0.2, 0.25) is 0 Å². The highest BCUT2D eigenvalue weighted by molar-refractivity contribution is 6.12. The van der Waals surface area contributed by atoms with Gasteiger partial charge in [0, 0.05) is 24.0 Å². The van der Waals surface area contributed by atoms with Crippen LogP contribution in [0, 0.1) is 0 Å². The molecule has 0 saturated carbocycles. The third-order valence-electron chi connectivity index (χ3n) is 4.72. The molecule has 6 nitrogen and oxygen atoms in total. The lowest BCUT2D eigenvalue weighted by Crippen LogP contribution is -2.48. The fourth-order valence-electron chi connectivity index (χ4n) is 3.48. The van der Waals surface area contributed by atoms with Gasteiger partial charge in [-0.05, 0) is 30.7 Å². The molecule has 1 aliphatic heterocycles. The molecule has 1 N–H and O–H groups in total. The van der Waals surface area contributed by atoms with Crippen molar-refractivity contribution in [3.8, 4) is 0 Å². The molecule has 136 valence electrons. The van der Waals surface area contributed by atoms with E-state index in [1.165, 1.54) is 11.0 Å². The van der Waals surface area contributed by atoms with E-state index in [9.17, 15) is 14.4 Å². The second-order valence-electron chi connectivity index (χ2n) is 6.40. The Balaban J connectivity index is 1.82. The zero-order chi connectivity index (χ0) is 19.0. The monoisotopic (exact) mass is 362 g/mol. The van der Waals surface area contributed by atoms with E-state index in [-0.39, 0.29) is 11.5 Å². The first-order chi connectivity index (χ1) is 13.1. The lowest BCUT2D eigenvalue weighted by Gasteiger charge is -2.24. The Kier molecular flexibility index (Phi) is 4.24. The van der Waals surface area contributed by atoms with E-state index in [0.29, 0.717) is 29.6 Å². The molecule has 0 fully saturated rings. The molecular formula is C21H18N2O4. The Morgan fingerprint density at radius 3 is 2.70 bits per heavy atom. The summed E-state index contributed by atoms with van der Waals surface area (Å²) in [4.78, 5) is 39.7. The minimum Gasteiger partial charge on any atom is -0.422 e. The summed E-state index contributed by atoms with van der Waals surface area (Å²) in [6.45, 7) is 2.29. The first-order valence-electron chi connectivity index (χ1n) is 8.82. The molecule has 1 atom stereocenters. The lowest BCUT2D eigenvalue weighted by molar-refractivity contribution is -0.122. The second-order valence-corrected chi connectivity index (χ2v) is 6.40. The smallest absolute Gasteiger partial charge is 0.349 e. The van der Waals surface area contributed by atoms with Gasteiger partial charge in [-0.15, -0.1) is 0 Å². The van der Waals surface area contributed by atoms with Gasteiger partial charge >= 0.3 is 5.63 Å². The van der Waals surface area contributed by atoms with Crippen molar-refractivity contribution in [2.45, 2.75) is 19.4 Å². The maximum absolute atomic E-state index is 13.3. The summed E-state index contributed by atoms with van der Waals surface area (Å²) in [5.74, 6) is -0.775. The zero-order valence-electron chi connectivity index (χ0n) is 14.8. The zero-order valence-corrected chi connectivity index (χ0v) is 14.8. The summed E-state index contributed by atoms with van der Waals surface area (Å²) in [7, 11) is 0. The van der Waals surface area contributed by atoms with Gasteiger partial charge in [-0.2, -0.15) is 0 Å². The number of fused-ring (bicyclic) bond motifs is 2. The Bertz CT molecular complexity index is 1100. The number of rotatable bonds is 3. The normalized spacial score (nSPS) is 15.6. The fourth-order valence-corrected chi connectivity index (χ4v) is 3.48. The molecule has 0 aliphatic carbocycles. The van der Waals surface area contributed by atoms with E-state index in [1.807, 2.05) is 25.1 Å². The van der Waals surface area contributed by atoms with E-state index >= 15 is 0 Å². The van der Waals surface area contributed by atoms with Crippen LogP contribution < -0.4 is 15.8 Å². The van der Waals surface area contributed by atoms with Gasteiger partial charge in [0.05, 0.1) is 0 Å². The third kappa shape index (κ3) is 2.89. The predicted octanol–water partition coefficient (Wildman–Crippen LogP) is 2.50. The standard InChI is InChI=1S/C21H18N2O4/c1-2-22-19(24)17-12-13-7-3-5-9-16(13)23(17)20(25)15-11-14-8-4-6-10-18(14)27-21(15)26/h3-11,17H,2,12H2,1H3,(H,22,24). The molecule has 0 bridgehead atoms. The van der Waals surface area contributed by atoms with Crippen molar-refractivity contribution < 1.29 is 14.0 Å². The van der Waals surface area contributed by atoms with Gasteiger partial charge in [-0.1, -0.05) is 36.4 Å². The molecule has 1 unspecified atom stereocenters. The molecule has 3 aromatic rings. The first kappa shape index (κ1) is 17.0. The highest BCUT2D eigenvalue weighted by Crippen LogP contribution is 2.33. The van der Waals surface area contributed by atoms with Gasteiger partial charge in [-0.25, -0.2) is 4.79 Å². The number of anilines is 1.